The van der Waals surface area contributed by atoms with Gasteiger partial charge >= 0.3 is 0 Å². The number of primary amides is 1. The van der Waals surface area contributed by atoms with Gasteiger partial charge in [0, 0.05) is 17.0 Å². The number of carbonyl (C=O) groups excluding carboxylic acids is 1. The lowest BCUT2D eigenvalue weighted by Gasteiger charge is -2.64. The molecule has 5 rings (SSSR count). The molecule has 5 atom stereocenters. The fourth-order valence-corrected chi connectivity index (χ4v) is 7.24. The zero-order valence-electron chi connectivity index (χ0n) is 16.5. The van der Waals surface area contributed by atoms with Crippen LogP contribution in [0, 0.1) is 17.8 Å². The Morgan fingerprint density at radius 3 is 2.64 bits per heavy atom. The molecule has 0 heterocycles. The lowest BCUT2D eigenvalue weighted by Crippen LogP contribution is -2.68. The molecule has 3 unspecified atom stereocenters. The normalized spacial score (nSPS) is 39.6. The Balaban J connectivity index is 1.65. The van der Waals surface area contributed by atoms with Crippen molar-refractivity contribution in [3.63, 3.8) is 0 Å². The monoisotopic (exact) mass is 384 g/mol. The largest absolute Gasteiger partial charge is 0.507 e. The fraction of sp³-hybridized carbons (Fsp3) is 0.696. The third-order valence-corrected chi connectivity index (χ3v) is 8.77. The zero-order chi connectivity index (χ0) is 19.7. The molecular weight excluding hydrogens is 352 g/mol. The third kappa shape index (κ3) is 2.35. The second-order valence-electron chi connectivity index (χ2n) is 10.0. The molecule has 3 saturated carbocycles. The smallest absolute Gasteiger partial charge is 0.252 e. The first kappa shape index (κ1) is 18.4. The average molecular weight is 385 g/mol. The Morgan fingerprint density at radius 2 is 1.96 bits per heavy atom. The highest BCUT2D eigenvalue weighted by Crippen LogP contribution is 2.64. The minimum absolute atomic E-state index is 0.00620. The molecule has 152 valence electrons. The average Bonchev–Trinajstić information content (AvgIpc) is 2.59. The van der Waals surface area contributed by atoms with E-state index in [-0.39, 0.29) is 23.3 Å². The Bertz CT molecular complexity index is 820. The SMILES string of the molecule is NC(=O)c1ccc2c(c1O)C13CCC(CC4CCC4)[C@H](C2)[C@]1(O)CCC(N)C3. The van der Waals surface area contributed by atoms with Crippen molar-refractivity contribution in [2.75, 3.05) is 0 Å². The molecule has 0 radical (unpaired) electrons. The van der Waals surface area contributed by atoms with Crippen LogP contribution in [0.5, 0.6) is 5.75 Å². The first-order valence-corrected chi connectivity index (χ1v) is 11.0. The lowest BCUT2D eigenvalue weighted by atomic mass is 9.43. The van der Waals surface area contributed by atoms with Crippen LogP contribution in [-0.2, 0) is 11.8 Å². The van der Waals surface area contributed by atoms with E-state index in [0.29, 0.717) is 18.8 Å². The van der Waals surface area contributed by atoms with Crippen LogP contribution >= 0.6 is 0 Å². The van der Waals surface area contributed by atoms with Crippen LogP contribution in [0.4, 0.5) is 0 Å². The van der Waals surface area contributed by atoms with E-state index in [1.165, 1.54) is 25.7 Å². The Labute approximate surface area is 166 Å². The van der Waals surface area contributed by atoms with E-state index < -0.39 is 16.9 Å². The summed E-state index contributed by atoms with van der Waals surface area (Å²) in [5.74, 6) is 0.915. The van der Waals surface area contributed by atoms with Gasteiger partial charge in [0.05, 0.1) is 11.2 Å². The third-order valence-electron chi connectivity index (χ3n) is 8.77. The Hall–Kier alpha value is -1.59. The van der Waals surface area contributed by atoms with E-state index >= 15 is 0 Å². The van der Waals surface area contributed by atoms with E-state index in [2.05, 4.69) is 0 Å². The van der Waals surface area contributed by atoms with Crippen LogP contribution in [0.25, 0.3) is 0 Å². The molecule has 0 aromatic heterocycles. The molecule has 5 heteroatoms. The predicted molar refractivity (Wildman–Crippen MR) is 107 cm³/mol. The molecule has 6 N–H and O–H groups in total. The quantitative estimate of drug-likeness (QED) is 0.642. The first-order chi connectivity index (χ1) is 13.4. The maximum atomic E-state index is 12.2. The van der Waals surface area contributed by atoms with Gasteiger partial charge in [-0.15, -0.1) is 0 Å². The zero-order valence-corrected chi connectivity index (χ0v) is 16.5. The number of aromatic hydroxyl groups is 1. The number of benzene rings is 1. The van der Waals surface area contributed by atoms with Gasteiger partial charge in [-0.05, 0) is 74.3 Å². The van der Waals surface area contributed by atoms with Crippen molar-refractivity contribution in [2.24, 2.45) is 29.2 Å². The van der Waals surface area contributed by atoms with Crippen molar-refractivity contribution in [3.05, 3.63) is 28.8 Å². The second kappa shape index (κ2) is 6.20. The summed E-state index contributed by atoms with van der Waals surface area (Å²) in [5.41, 5.74) is 12.5. The van der Waals surface area contributed by atoms with Crippen molar-refractivity contribution in [3.8, 4) is 5.75 Å². The number of aliphatic hydroxyl groups is 1. The number of hydrogen-bond acceptors (Lipinski definition) is 4. The number of phenols is 1. The van der Waals surface area contributed by atoms with E-state index in [9.17, 15) is 15.0 Å². The maximum Gasteiger partial charge on any atom is 0.252 e. The molecule has 5 nitrogen and oxygen atoms in total. The van der Waals surface area contributed by atoms with Crippen molar-refractivity contribution >= 4 is 5.91 Å². The van der Waals surface area contributed by atoms with E-state index in [1.54, 1.807) is 6.07 Å². The van der Waals surface area contributed by atoms with Gasteiger partial charge in [-0.25, -0.2) is 0 Å². The summed E-state index contributed by atoms with van der Waals surface area (Å²) in [6, 6.07) is 3.61. The molecule has 4 aliphatic rings. The molecule has 0 spiro atoms. The molecule has 0 saturated heterocycles. The minimum atomic E-state index is -0.851. The highest BCUT2D eigenvalue weighted by Gasteiger charge is 2.65. The summed E-state index contributed by atoms with van der Waals surface area (Å²) in [4.78, 5) is 11.9. The molecule has 1 amide bonds. The van der Waals surface area contributed by atoms with E-state index in [4.69, 9.17) is 11.5 Å². The van der Waals surface area contributed by atoms with Crippen molar-refractivity contribution in [1.29, 1.82) is 0 Å². The van der Waals surface area contributed by atoms with Gasteiger partial charge in [-0.3, -0.25) is 4.79 Å². The van der Waals surface area contributed by atoms with Crippen LogP contribution in [0.3, 0.4) is 0 Å². The van der Waals surface area contributed by atoms with Gasteiger partial charge in [0.25, 0.3) is 5.91 Å². The number of carbonyl (C=O) groups is 1. The number of amides is 1. The highest BCUT2D eigenvalue weighted by atomic mass is 16.3. The van der Waals surface area contributed by atoms with Crippen LogP contribution in [0.2, 0.25) is 0 Å². The number of rotatable bonds is 3. The van der Waals surface area contributed by atoms with Gasteiger partial charge in [0.2, 0.25) is 0 Å². The number of nitrogens with two attached hydrogens (primary N) is 2. The van der Waals surface area contributed by atoms with Crippen LogP contribution in [0.1, 0.15) is 79.3 Å². The maximum absolute atomic E-state index is 12.2. The fourth-order valence-electron chi connectivity index (χ4n) is 7.24. The van der Waals surface area contributed by atoms with Gasteiger partial charge < -0.3 is 21.7 Å². The summed E-state index contributed by atoms with van der Waals surface area (Å²) in [5, 5.41) is 23.2. The van der Waals surface area contributed by atoms with E-state index in [0.717, 1.165) is 42.7 Å². The summed E-state index contributed by atoms with van der Waals surface area (Å²) < 4.78 is 0. The minimum Gasteiger partial charge on any atom is -0.507 e. The molecule has 3 fully saturated rings. The molecular formula is C23H32N2O3. The Morgan fingerprint density at radius 1 is 1.18 bits per heavy atom. The first-order valence-electron chi connectivity index (χ1n) is 11.0. The van der Waals surface area contributed by atoms with Gasteiger partial charge in [0.15, 0.2) is 0 Å². The van der Waals surface area contributed by atoms with Crippen molar-refractivity contribution < 1.29 is 15.0 Å². The Kier molecular flexibility index (Phi) is 4.08. The predicted octanol–water partition coefficient (Wildman–Crippen LogP) is 2.74. The topological polar surface area (TPSA) is 110 Å². The number of hydrogen-bond donors (Lipinski definition) is 4. The summed E-state index contributed by atoms with van der Waals surface area (Å²) in [6.07, 6.45) is 10.0. The summed E-state index contributed by atoms with van der Waals surface area (Å²) in [6.45, 7) is 0. The molecule has 2 bridgehead atoms. The number of fused-ring (bicyclic) bond motifs is 1. The van der Waals surface area contributed by atoms with Gasteiger partial charge in [-0.1, -0.05) is 25.3 Å². The lowest BCUT2D eigenvalue weighted by molar-refractivity contribution is -0.171. The molecule has 1 aromatic rings. The van der Waals surface area contributed by atoms with Crippen LogP contribution in [0.15, 0.2) is 12.1 Å². The van der Waals surface area contributed by atoms with Crippen LogP contribution in [-0.4, -0.2) is 27.8 Å². The molecule has 0 aliphatic heterocycles. The standard InChI is InChI=1S/C23H32N2O3/c24-16-7-9-23(28)18-11-15-4-5-17(21(25)27)20(26)19(15)22(23,12-16)8-6-14(18)10-13-2-1-3-13/h4-5,13-14,16,18,26,28H,1-3,6-12,24H2,(H2,25,27)/t14?,16?,18-,22?,23+/m0/s1. The summed E-state index contributed by atoms with van der Waals surface area (Å²) >= 11 is 0. The molecule has 1 aromatic carbocycles. The van der Waals surface area contributed by atoms with Crippen molar-refractivity contribution in [1.82, 2.24) is 0 Å². The van der Waals surface area contributed by atoms with E-state index in [1.807, 2.05) is 6.07 Å². The highest BCUT2D eigenvalue weighted by molar-refractivity contribution is 5.96. The second-order valence-corrected chi connectivity index (χ2v) is 10.0. The summed E-state index contributed by atoms with van der Waals surface area (Å²) in [7, 11) is 0. The van der Waals surface area contributed by atoms with Crippen molar-refractivity contribution in [2.45, 2.75) is 81.3 Å². The molecule has 28 heavy (non-hydrogen) atoms. The molecule has 4 aliphatic carbocycles. The van der Waals surface area contributed by atoms with Gasteiger partial charge in [-0.2, -0.15) is 0 Å². The van der Waals surface area contributed by atoms with Crippen LogP contribution < -0.4 is 11.5 Å². The van der Waals surface area contributed by atoms with Gasteiger partial charge in [0.1, 0.15) is 5.75 Å².